The Bertz CT molecular complexity index is 873. The Kier molecular flexibility index (Phi) is 4.82. The maximum absolute atomic E-state index is 10.8. The molecule has 0 fully saturated rings. The Labute approximate surface area is 137 Å². The zero-order chi connectivity index (χ0) is 17.9. The molecule has 3 N–H and O–H groups in total. The zero-order valence-electron chi connectivity index (χ0n) is 12.1. The van der Waals surface area contributed by atoms with Gasteiger partial charge >= 0.3 is 11.9 Å². The van der Waals surface area contributed by atoms with Crippen molar-refractivity contribution in [2.75, 3.05) is 0 Å². The molecule has 2 aliphatic carbocycles. The first-order valence-corrected chi connectivity index (χ1v) is 7.99. The van der Waals surface area contributed by atoms with E-state index in [1.807, 2.05) is 0 Å². The molecule has 0 aromatic heterocycles. The normalized spacial score (nSPS) is 14.4. The zero-order valence-corrected chi connectivity index (χ0v) is 12.9. The van der Waals surface area contributed by atoms with Gasteiger partial charge in [0.25, 0.3) is 10.1 Å². The van der Waals surface area contributed by atoms with E-state index in [0.717, 1.165) is 6.07 Å². The van der Waals surface area contributed by atoms with Crippen LogP contribution in [0, 0.1) is 0 Å². The van der Waals surface area contributed by atoms with Crippen LogP contribution in [0.2, 0.25) is 0 Å². The summed E-state index contributed by atoms with van der Waals surface area (Å²) in [6.45, 7) is 0. The minimum absolute atomic E-state index is 0.535. The Morgan fingerprint density at radius 1 is 0.792 bits per heavy atom. The van der Waals surface area contributed by atoms with Gasteiger partial charge in [-0.3, -0.25) is 4.55 Å². The smallest absolute Gasteiger partial charge is 0.335 e. The average Bonchev–Trinajstić information content (AvgIpc) is 3.10. The topological polar surface area (TPSA) is 129 Å². The molecule has 0 unspecified atom stereocenters. The molecule has 7 nitrogen and oxygen atoms in total. The second-order valence-corrected chi connectivity index (χ2v) is 6.22. The number of carboxylic acids is 2. The number of allylic oxidation sites excluding steroid dienone is 8. The number of fused-ring (bicyclic) bond motifs is 1. The fraction of sp³-hybridized carbons (Fsp3) is 0. The molecule has 3 rings (SSSR count). The maximum atomic E-state index is 10.8. The van der Waals surface area contributed by atoms with Gasteiger partial charge in [0.05, 0.1) is 16.0 Å². The summed E-state index contributed by atoms with van der Waals surface area (Å²) >= 11 is 0. The molecular weight excluding hydrogens is 336 g/mol. The molecule has 1 aromatic rings. The van der Waals surface area contributed by atoms with Crippen LogP contribution in [-0.2, 0) is 10.1 Å². The van der Waals surface area contributed by atoms with Crippen molar-refractivity contribution >= 4 is 22.1 Å². The molecule has 0 aliphatic heterocycles. The molecule has 0 saturated heterocycles. The van der Waals surface area contributed by atoms with E-state index >= 15 is 0 Å². The molecule has 0 spiro atoms. The van der Waals surface area contributed by atoms with Crippen molar-refractivity contribution < 1.29 is 32.8 Å². The largest absolute Gasteiger partial charge is 0.478 e. The minimum atomic E-state index is -4.64. The lowest BCUT2D eigenvalue weighted by atomic mass is 10.1. The predicted octanol–water partition coefficient (Wildman–Crippen LogP) is 2.31. The number of hydrogen-bond donors (Lipinski definition) is 3. The Balaban J connectivity index is 0.000000214. The lowest BCUT2D eigenvalue weighted by molar-refractivity contribution is 0.0696. The van der Waals surface area contributed by atoms with Crippen LogP contribution in [0.15, 0.2) is 70.7 Å². The summed E-state index contributed by atoms with van der Waals surface area (Å²) in [4.78, 5) is 20.4. The van der Waals surface area contributed by atoms with Crippen LogP contribution in [0.5, 0.6) is 0 Å². The van der Waals surface area contributed by atoms with Gasteiger partial charge in [-0.1, -0.05) is 36.5 Å². The number of rotatable bonds is 3. The standard InChI is InChI=1S/C8H6O7S.C8H6/c9-7(10)4-1-5(8(11)12)3-6(2-4)16(13,14)15;1-3-7-5-2-6-8(7)4-1/h1-3H,(H,9,10)(H,11,12)(H,13,14,15);1-6H. The van der Waals surface area contributed by atoms with Crippen molar-refractivity contribution in [2.45, 2.75) is 4.90 Å². The van der Waals surface area contributed by atoms with Gasteiger partial charge < -0.3 is 10.2 Å². The van der Waals surface area contributed by atoms with Crippen LogP contribution >= 0.6 is 0 Å². The van der Waals surface area contributed by atoms with Gasteiger partial charge in [0, 0.05) is 0 Å². The van der Waals surface area contributed by atoms with E-state index in [0.29, 0.717) is 12.1 Å². The van der Waals surface area contributed by atoms with Crippen molar-refractivity contribution in [3.05, 3.63) is 76.9 Å². The average molecular weight is 348 g/mol. The molecule has 0 atom stereocenters. The number of carbonyl (C=O) groups is 2. The molecule has 1 aromatic carbocycles. The van der Waals surface area contributed by atoms with Crippen LogP contribution in [0.4, 0.5) is 0 Å². The monoisotopic (exact) mass is 348 g/mol. The fourth-order valence-electron chi connectivity index (χ4n) is 2.00. The second kappa shape index (κ2) is 6.65. The van der Waals surface area contributed by atoms with Gasteiger partial charge in [-0.2, -0.15) is 8.42 Å². The van der Waals surface area contributed by atoms with E-state index in [2.05, 4.69) is 36.5 Å². The number of benzene rings is 1. The lowest BCUT2D eigenvalue weighted by Gasteiger charge is -2.02. The molecule has 2 aliphatic rings. The van der Waals surface area contributed by atoms with E-state index in [1.54, 1.807) is 0 Å². The summed E-state index contributed by atoms with van der Waals surface area (Å²) < 4.78 is 30.2. The van der Waals surface area contributed by atoms with Crippen molar-refractivity contribution in [3.63, 3.8) is 0 Å². The van der Waals surface area contributed by atoms with E-state index in [4.69, 9.17) is 14.8 Å². The summed E-state index contributed by atoms with van der Waals surface area (Å²) in [6, 6.07) is 2.13. The first kappa shape index (κ1) is 17.4. The fourth-order valence-corrected chi connectivity index (χ4v) is 2.55. The summed E-state index contributed by atoms with van der Waals surface area (Å²) in [6.07, 6.45) is 12.6. The summed E-state index contributed by atoms with van der Waals surface area (Å²) in [5, 5.41) is 17.2. The van der Waals surface area contributed by atoms with Gasteiger partial charge in [0.15, 0.2) is 0 Å². The molecule has 0 radical (unpaired) electrons. The first-order chi connectivity index (χ1) is 11.2. The van der Waals surface area contributed by atoms with Gasteiger partial charge in [-0.15, -0.1) is 0 Å². The highest BCUT2D eigenvalue weighted by Crippen LogP contribution is 2.23. The quantitative estimate of drug-likeness (QED) is 0.715. The number of aromatic carboxylic acids is 2. The Morgan fingerprint density at radius 2 is 1.21 bits per heavy atom. The Hall–Kier alpha value is -2.97. The van der Waals surface area contributed by atoms with Crippen molar-refractivity contribution in [1.29, 1.82) is 0 Å². The summed E-state index contributed by atoms with van der Waals surface area (Å²) in [5.41, 5.74) is 1.63. The van der Waals surface area contributed by atoms with Crippen LogP contribution in [0.3, 0.4) is 0 Å². The second-order valence-electron chi connectivity index (χ2n) is 4.79. The summed E-state index contributed by atoms with van der Waals surface area (Å²) in [5.74, 6) is -2.99. The third kappa shape index (κ3) is 4.06. The molecule has 8 heteroatoms. The molecule has 24 heavy (non-hydrogen) atoms. The highest BCUT2D eigenvalue weighted by Gasteiger charge is 2.17. The van der Waals surface area contributed by atoms with Crippen molar-refractivity contribution in [3.8, 4) is 0 Å². The van der Waals surface area contributed by atoms with Gasteiger partial charge in [0.2, 0.25) is 0 Å². The van der Waals surface area contributed by atoms with E-state index in [9.17, 15) is 18.0 Å². The van der Waals surface area contributed by atoms with Crippen molar-refractivity contribution in [2.24, 2.45) is 0 Å². The Morgan fingerprint density at radius 3 is 1.54 bits per heavy atom. The van der Waals surface area contributed by atoms with Crippen molar-refractivity contribution in [1.82, 2.24) is 0 Å². The molecule has 0 bridgehead atoms. The number of hydrogen-bond acceptors (Lipinski definition) is 4. The van der Waals surface area contributed by atoms with Gasteiger partial charge in [-0.05, 0) is 29.3 Å². The minimum Gasteiger partial charge on any atom is -0.478 e. The van der Waals surface area contributed by atoms with Crippen LogP contribution < -0.4 is 0 Å². The first-order valence-electron chi connectivity index (χ1n) is 6.55. The third-order valence-electron chi connectivity index (χ3n) is 3.13. The molecule has 0 saturated carbocycles. The molecule has 0 heterocycles. The SMILES string of the molecule is C1=CC2=CC=CC2=C1.O=C(O)c1cc(C(=O)O)cc(S(=O)(=O)O)c1. The molecule has 124 valence electrons. The van der Waals surface area contributed by atoms with Gasteiger partial charge in [-0.25, -0.2) is 9.59 Å². The van der Waals surface area contributed by atoms with Crippen LogP contribution in [0.25, 0.3) is 0 Å². The van der Waals surface area contributed by atoms with E-state index < -0.39 is 38.1 Å². The highest BCUT2D eigenvalue weighted by molar-refractivity contribution is 7.85. The van der Waals surface area contributed by atoms with E-state index in [-0.39, 0.29) is 0 Å². The van der Waals surface area contributed by atoms with Crippen LogP contribution in [0.1, 0.15) is 20.7 Å². The lowest BCUT2D eigenvalue weighted by Crippen LogP contribution is -2.07. The maximum Gasteiger partial charge on any atom is 0.335 e. The van der Waals surface area contributed by atoms with Gasteiger partial charge in [0.1, 0.15) is 0 Å². The predicted molar refractivity (Wildman–Crippen MR) is 84.6 cm³/mol. The third-order valence-corrected chi connectivity index (χ3v) is 3.97. The van der Waals surface area contributed by atoms with Crippen LogP contribution in [-0.4, -0.2) is 35.1 Å². The highest BCUT2D eigenvalue weighted by atomic mass is 32.2. The van der Waals surface area contributed by atoms with E-state index in [1.165, 1.54) is 11.1 Å². The summed E-state index contributed by atoms with van der Waals surface area (Å²) in [7, 11) is -4.64. The number of carboxylic acid groups (broad SMARTS) is 2. The molecule has 0 amide bonds. The molecular formula is C16H12O7S.